The van der Waals surface area contributed by atoms with Crippen molar-refractivity contribution in [2.45, 2.75) is 32.6 Å². The van der Waals surface area contributed by atoms with Crippen LogP contribution in [-0.4, -0.2) is 19.2 Å². The minimum atomic E-state index is -0.231. The van der Waals surface area contributed by atoms with Crippen molar-refractivity contribution in [3.63, 3.8) is 0 Å². The van der Waals surface area contributed by atoms with E-state index in [1.54, 1.807) is 0 Å². The van der Waals surface area contributed by atoms with Crippen molar-refractivity contribution in [2.75, 3.05) is 13.2 Å². The molecular formula is C14H18O3. The van der Waals surface area contributed by atoms with E-state index in [1.807, 2.05) is 26.0 Å². The molecule has 3 heteroatoms. The second-order valence-electron chi connectivity index (χ2n) is 4.29. The fourth-order valence-electron chi connectivity index (χ4n) is 2.03. The highest BCUT2D eigenvalue weighted by atomic mass is 16.5. The average Bonchev–Trinajstić information content (AvgIpc) is 2.37. The van der Waals surface area contributed by atoms with E-state index in [9.17, 15) is 4.79 Å². The smallest absolute Gasteiger partial charge is 0.313 e. The van der Waals surface area contributed by atoms with Crippen LogP contribution < -0.4 is 4.74 Å². The largest absolute Gasteiger partial charge is 0.493 e. The highest BCUT2D eigenvalue weighted by molar-refractivity contribution is 5.77. The minimum absolute atomic E-state index is 0.178. The Morgan fingerprint density at radius 3 is 3.12 bits per heavy atom. The summed E-state index contributed by atoms with van der Waals surface area (Å²) in [6.07, 6.45) is 2.13. The molecule has 0 bridgehead atoms. The van der Waals surface area contributed by atoms with Crippen LogP contribution in [0.15, 0.2) is 18.2 Å². The van der Waals surface area contributed by atoms with Crippen molar-refractivity contribution in [1.29, 1.82) is 0 Å². The van der Waals surface area contributed by atoms with Gasteiger partial charge >= 0.3 is 5.97 Å². The Bertz CT molecular complexity index is 412. The fourth-order valence-corrected chi connectivity index (χ4v) is 2.03. The maximum atomic E-state index is 11.6. The van der Waals surface area contributed by atoms with E-state index in [2.05, 4.69) is 6.07 Å². The van der Waals surface area contributed by atoms with Crippen molar-refractivity contribution in [3.8, 4) is 5.75 Å². The summed E-state index contributed by atoms with van der Waals surface area (Å²) in [6, 6.07) is 6.02. The Balaban J connectivity index is 2.18. The number of carbonyl (C=O) groups excluding carboxylic acids is 1. The number of hydrogen-bond donors (Lipinski definition) is 0. The zero-order valence-corrected chi connectivity index (χ0v) is 10.4. The van der Waals surface area contributed by atoms with Gasteiger partial charge in [0.05, 0.1) is 19.1 Å². The van der Waals surface area contributed by atoms with Crippen LogP contribution >= 0.6 is 0 Å². The molecule has 0 amide bonds. The van der Waals surface area contributed by atoms with E-state index < -0.39 is 0 Å². The zero-order valence-electron chi connectivity index (χ0n) is 10.4. The Hall–Kier alpha value is -1.51. The summed E-state index contributed by atoms with van der Waals surface area (Å²) < 4.78 is 10.6. The lowest BCUT2D eigenvalue weighted by atomic mass is 9.97. The number of fused-ring (bicyclic) bond motifs is 1. The zero-order chi connectivity index (χ0) is 12.3. The van der Waals surface area contributed by atoms with E-state index in [-0.39, 0.29) is 11.9 Å². The minimum Gasteiger partial charge on any atom is -0.493 e. The SMILES string of the molecule is CCOC(=O)C(C)c1ccc2c(c1)OCCC2. The van der Waals surface area contributed by atoms with Crippen molar-refractivity contribution in [2.24, 2.45) is 0 Å². The molecule has 92 valence electrons. The standard InChI is InChI=1S/C14H18O3/c1-3-16-14(15)10(2)12-7-6-11-5-4-8-17-13(11)9-12/h6-7,9-10H,3-5,8H2,1-2H3. The van der Waals surface area contributed by atoms with Gasteiger partial charge in [-0.2, -0.15) is 0 Å². The van der Waals surface area contributed by atoms with E-state index in [4.69, 9.17) is 9.47 Å². The first-order valence-electron chi connectivity index (χ1n) is 6.14. The second kappa shape index (κ2) is 5.21. The van der Waals surface area contributed by atoms with Crippen LogP contribution in [0.5, 0.6) is 5.75 Å². The van der Waals surface area contributed by atoms with E-state index in [0.29, 0.717) is 6.61 Å². The Labute approximate surface area is 102 Å². The number of esters is 1. The average molecular weight is 234 g/mol. The van der Waals surface area contributed by atoms with Crippen molar-refractivity contribution < 1.29 is 14.3 Å². The molecule has 0 saturated heterocycles. The third kappa shape index (κ3) is 2.60. The van der Waals surface area contributed by atoms with Gasteiger partial charge in [0.2, 0.25) is 0 Å². The molecule has 0 aromatic heterocycles. The molecule has 1 heterocycles. The first kappa shape index (κ1) is 12.0. The van der Waals surface area contributed by atoms with Gasteiger partial charge in [-0.25, -0.2) is 0 Å². The summed E-state index contributed by atoms with van der Waals surface area (Å²) in [4.78, 5) is 11.6. The maximum absolute atomic E-state index is 11.6. The first-order valence-corrected chi connectivity index (χ1v) is 6.14. The van der Waals surface area contributed by atoms with Gasteiger partial charge in [0.1, 0.15) is 5.75 Å². The molecular weight excluding hydrogens is 216 g/mol. The number of rotatable bonds is 3. The Morgan fingerprint density at radius 2 is 2.35 bits per heavy atom. The Morgan fingerprint density at radius 1 is 1.53 bits per heavy atom. The van der Waals surface area contributed by atoms with Crippen LogP contribution in [0.3, 0.4) is 0 Å². The van der Waals surface area contributed by atoms with Crippen LogP contribution in [0.25, 0.3) is 0 Å². The molecule has 1 aliphatic heterocycles. The quantitative estimate of drug-likeness (QED) is 0.754. The molecule has 1 aliphatic rings. The summed E-state index contributed by atoms with van der Waals surface area (Å²) in [5.74, 6) is 0.513. The number of carbonyl (C=O) groups is 1. The lowest BCUT2D eigenvalue weighted by molar-refractivity contribution is -0.144. The molecule has 0 spiro atoms. The monoisotopic (exact) mass is 234 g/mol. The van der Waals surface area contributed by atoms with Gasteiger partial charge in [-0.1, -0.05) is 12.1 Å². The van der Waals surface area contributed by atoms with E-state index in [1.165, 1.54) is 5.56 Å². The van der Waals surface area contributed by atoms with Crippen molar-refractivity contribution >= 4 is 5.97 Å². The molecule has 0 saturated carbocycles. The van der Waals surface area contributed by atoms with Crippen LogP contribution in [0.4, 0.5) is 0 Å². The van der Waals surface area contributed by atoms with Gasteiger partial charge in [-0.05, 0) is 43.9 Å². The van der Waals surface area contributed by atoms with Crippen LogP contribution in [0, 0.1) is 0 Å². The first-order chi connectivity index (χ1) is 8.22. The van der Waals surface area contributed by atoms with E-state index >= 15 is 0 Å². The highest BCUT2D eigenvalue weighted by Gasteiger charge is 2.19. The van der Waals surface area contributed by atoms with Gasteiger partial charge in [-0.3, -0.25) is 4.79 Å². The molecule has 0 aliphatic carbocycles. The molecule has 3 nitrogen and oxygen atoms in total. The third-order valence-corrected chi connectivity index (χ3v) is 3.08. The van der Waals surface area contributed by atoms with Gasteiger partial charge in [0.15, 0.2) is 0 Å². The predicted octanol–water partition coefficient (Wildman–Crippen LogP) is 2.68. The Kier molecular flexibility index (Phi) is 3.67. The van der Waals surface area contributed by atoms with Gasteiger partial charge in [0, 0.05) is 0 Å². The van der Waals surface area contributed by atoms with Crippen molar-refractivity contribution in [1.82, 2.24) is 0 Å². The van der Waals surface area contributed by atoms with E-state index in [0.717, 1.165) is 30.8 Å². The van der Waals surface area contributed by atoms with Gasteiger partial charge in [0.25, 0.3) is 0 Å². The number of benzene rings is 1. The molecule has 1 aromatic carbocycles. The topological polar surface area (TPSA) is 35.5 Å². The second-order valence-corrected chi connectivity index (χ2v) is 4.29. The maximum Gasteiger partial charge on any atom is 0.313 e. The molecule has 0 radical (unpaired) electrons. The summed E-state index contributed by atoms with van der Waals surface area (Å²) in [5, 5.41) is 0. The molecule has 1 atom stereocenters. The number of aryl methyl sites for hydroxylation is 1. The lowest BCUT2D eigenvalue weighted by Gasteiger charge is -2.19. The molecule has 1 aromatic rings. The number of ether oxygens (including phenoxy) is 2. The van der Waals surface area contributed by atoms with Gasteiger partial charge < -0.3 is 9.47 Å². The normalized spacial score (nSPS) is 15.6. The lowest BCUT2D eigenvalue weighted by Crippen LogP contribution is -2.14. The highest BCUT2D eigenvalue weighted by Crippen LogP contribution is 2.29. The summed E-state index contributed by atoms with van der Waals surface area (Å²) in [7, 11) is 0. The third-order valence-electron chi connectivity index (χ3n) is 3.08. The molecule has 0 N–H and O–H groups in total. The molecule has 2 rings (SSSR count). The molecule has 1 unspecified atom stereocenters. The summed E-state index contributed by atoms with van der Waals surface area (Å²) in [6.45, 7) is 4.87. The fraction of sp³-hybridized carbons (Fsp3) is 0.500. The van der Waals surface area contributed by atoms with Crippen LogP contribution in [-0.2, 0) is 16.0 Å². The van der Waals surface area contributed by atoms with Crippen molar-refractivity contribution in [3.05, 3.63) is 29.3 Å². The summed E-state index contributed by atoms with van der Waals surface area (Å²) in [5.41, 5.74) is 2.19. The molecule has 17 heavy (non-hydrogen) atoms. The number of hydrogen-bond acceptors (Lipinski definition) is 3. The molecule has 0 fully saturated rings. The van der Waals surface area contributed by atoms with Gasteiger partial charge in [-0.15, -0.1) is 0 Å². The van der Waals surface area contributed by atoms with Crippen LogP contribution in [0.1, 0.15) is 37.3 Å². The van der Waals surface area contributed by atoms with Crippen LogP contribution in [0.2, 0.25) is 0 Å². The summed E-state index contributed by atoms with van der Waals surface area (Å²) >= 11 is 0. The predicted molar refractivity (Wildman–Crippen MR) is 65.3 cm³/mol.